The predicted octanol–water partition coefficient (Wildman–Crippen LogP) is 7.63. The monoisotopic (exact) mass is 509 g/mol. The van der Waals surface area contributed by atoms with E-state index in [-0.39, 0.29) is 22.9 Å². The van der Waals surface area contributed by atoms with Gasteiger partial charge < -0.3 is 20.6 Å². The zero-order valence-corrected chi connectivity index (χ0v) is 21.5. The average Bonchev–Trinajstić information content (AvgIpc) is 2.85. The molecule has 3 N–H and O–H groups in total. The first-order chi connectivity index (χ1) is 17.6. The second-order valence-electron chi connectivity index (χ2n) is 9.30. The first-order valence-electron chi connectivity index (χ1n) is 12.4. The Bertz CT molecular complexity index is 1260. The third kappa shape index (κ3) is 6.84. The molecule has 3 aromatic rings. The number of halogens is 2. The lowest BCUT2D eigenvalue weighted by molar-refractivity contribution is 0.0697. The molecular weight excluding hydrogens is 476 g/mol. The molecule has 37 heavy (non-hydrogen) atoms. The standard InChI is InChI=1S/C29H33F2N3O3/c1-5-21(6-2)34(17-18(3)4)27-14-11-19(23-16-20(30)12-13-22(23)28(35)36)15-26(27)33-29(37)32-25-10-8-7-9-24(25)31/h7-16,18,21H,5-6,17H2,1-4H3,(H,35,36)(H2,32,33,37). The van der Waals surface area contributed by atoms with Gasteiger partial charge in [-0.25, -0.2) is 18.4 Å². The smallest absolute Gasteiger partial charge is 0.336 e. The average molecular weight is 510 g/mol. The molecule has 0 saturated heterocycles. The molecule has 0 fully saturated rings. The summed E-state index contributed by atoms with van der Waals surface area (Å²) in [5, 5.41) is 15.0. The number of hydrogen-bond acceptors (Lipinski definition) is 3. The number of carbonyl (C=O) groups excluding carboxylic acids is 1. The molecule has 6 nitrogen and oxygen atoms in total. The molecule has 0 spiro atoms. The normalized spacial score (nSPS) is 11.0. The highest BCUT2D eigenvalue weighted by Gasteiger charge is 2.22. The van der Waals surface area contributed by atoms with Crippen molar-refractivity contribution in [2.45, 2.75) is 46.6 Å². The van der Waals surface area contributed by atoms with Crippen LogP contribution in [0, 0.1) is 17.6 Å². The van der Waals surface area contributed by atoms with Gasteiger partial charge in [-0.05, 0) is 72.4 Å². The Labute approximate surface area is 216 Å². The highest BCUT2D eigenvalue weighted by atomic mass is 19.1. The maximum Gasteiger partial charge on any atom is 0.336 e. The molecule has 0 bridgehead atoms. The van der Waals surface area contributed by atoms with Gasteiger partial charge in [0.1, 0.15) is 11.6 Å². The fourth-order valence-electron chi connectivity index (χ4n) is 4.40. The van der Waals surface area contributed by atoms with Gasteiger partial charge in [-0.15, -0.1) is 0 Å². The van der Waals surface area contributed by atoms with E-state index in [0.29, 0.717) is 17.2 Å². The van der Waals surface area contributed by atoms with Crippen molar-refractivity contribution in [1.29, 1.82) is 0 Å². The van der Waals surface area contributed by atoms with Crippen molar-refractivity contribution in [2.75, 3.05) is 22.1 Å². The molecule has 2 amide bonds. The Morgan fingerprint density at radius 2 is 1.59 bits per heavy atom. The molecule has 0 aromatic heterocycles. The number of nitrogens with one attached hydrogen (secondary N) is 2. The molecule has 0 radical (unpaired) electrons. The van der Waals surface area contributed by atoms with Crippen molar-refractivity contribution in [3.8, 4) is 11.1 Å². The van der Waals surface area contributed by atoms with E-state index in [1.54, 1.807) is 18.2 Å². The summed E-state index contributed by atoms with van der Waals surface area (Å²) in [4.78, 5) is 27.0. The van der Waals surface area contributed by atoms with Crippen molar-refractivity contribution in [2.24, 2.45) is 5.92 Å². The van der Waals surface area contributed by atoms with Crippen LogP contribution in [0.15, 0.2) is 60.7 Å². The van der Waals surface area contributed by atoms with E-state index in [4.69, 9.17) is 0 Å². The number of anilines is 3. The van der Waals surface area contributed by atoms with Gasteiger partial charge in [-0.2, -0.15) is 0 Å². The number of rotatable bonds is 10. The maximum atomic E-state index is 14.1. The zero-order valence-electron chi connectivity index (χ0n) is 21.5. The van der Waals surface area contributed by atoms with Crippen molar-refractivity contribution < 1.29 is 23.5 Å². The Morgan fingerprint density at radius 1 is 0.919 bits per heavy atom. The summed E-state index contributed by atoms with van der Waals surface area (Å²) < 4.78 is 28.3. The van der Waals surface area contributed by atoms with E-state index in [0.717, 1.165) is 37.2 Å². The number of benzene rings is 3. The Hall–Kier alpha value is -3.94. The van der Waals surface area contributed by atoms with E-state index in [1.165, 1.54) is 24.3 Å². The fraction of sp³-hybridized carbons (Fsp3) is 0.310. The highest BCUT2D eigenvalue weighted by molar-refractivity contribution is 6.03. The number of nitrogens with zero attached hydrogens (tertiary/aromatic N) is 1. The minimum atomic E-state index is -1.19. The molecule has 0 saturated carbocycles. The molecule has 0 aliphatic carbocycles. The molecule has 3 rings (SSSR count). The van der Waals surface area contributed by atoms with Gasteiger partial charge in [-0.1, -0.05) is 45.9 Å². The lowest BCUT2D eigenvalue weighted by atomic mass is 9.97. The Morgan fingerprint density at radius 3 is 2.22 bits per heavy atom. The van der Waals surface area contributed by atoms with Crippen LogP contribution in [-0.4, -0.2) is 29.7 Å². The lowest BCUT2D eigenvalue weighted by Gasteiger charge is -2.35. The van der Waals surface area contributed by atoms with Crippen molar-refractivity contribution in [1.82, 2.24) is 0 Å². The Kier molecular flexibility index (Phi) is 9.22. The third-order valence-electron chi connectivity index (χ3n) is 6.14. The molecule has 0 atom stereocenters. The van der Waals surface area contributed by atoms with Gasteiger partial charge >= 0.3 is 12.0 Å². The van der Waals surface area contributed by atoms with Crippen LogP contribution in [0.1, 0.15) is 50.9 Å². The zero-order chi connectivity index (χ0) is 27.1. The third-order valence-corrected chi connectivity index (χ3v) is 6.14. The molecule has 3 aromatic carbocycles. The van der Waals surface area contributed by atoms with E-state index in [1.807, 2.05) is 6.07 Å². The molecular formula is C29H33F2N3O3. The summed E-state index contributed by atoms with van der Waals surface area (Å²) in [5.41, 5.74) is 1.72. The van der Waals surface area contributed by atoms with E-state index < -0.39 is 23.6 Å². The predicted molar refractivity (Wildman–Crippen MR) is 144 cm³/mol. The molecule has 0 aliphatic heterocycles. The summed E-state index contributed by atoms with van der Waals surface area (Å²) in [5.74, 6) is -2.02. The van der Waals surface area contributed by atoms with Gasteiger partial charge in [0, 0.05) is 12.6 Å². The second kappa shape index (κ2) is 12.3. The number of carboxylic acids is 1. The number of para-hydroxylation sites is 1. The topological polar surface area (TPSA) is 81.7 Å². The number of aromatic carboxylic acids is 1. The van der Waals surface area contributed by atoms with Crippen molar-refractivity contribution in [3.05, 3.63) is 77.9 Å². The number of urea groups is 1. The summed E-state index contributed by atoms with van der Waals surface area (Å²) in [6.07, 6.45) is 1.75. The second-order valence-corrected chi connectivity index (χ2v) is 9.30. The van der Waals surface area contributed by atoms with Crippen LogP contribution < -0.4 is 15.5 Å². The van der Waals surface area contributed by atoms with Gasteiger partial charge in [0.15, 0.2) is 0 Å². The highest BCUT2D eigenvalue weighted by Crippen LogP contribution is 2.36. The lowest BCUT2D eigenvalue weighted by Crippen LogP contribution is -2.38. The summed E-state index contributed by atoms with van der Waals surface area (Å²) in [7, 11) is 0. The molecule has 0 aliphatic rings. The maximum absolute atomic E-state index is 14.1. The number of hydrogen-bond donors (Lipinski definition) is 3. The number of carboxylic acid groups (broad SMARTS) is 1. The van der Waals surface area contributed by atoms with Crippen LogP contribution in [0.2, 0.25) is 0 Å². The van der Waals surface area contributed by atoms with Gasteiger partial charge in [0.2, 0.25) is 0 Å². The van der Waals surface area contributed by atoms with E-state index in [9.17, 15) is 23.5 Å². The first kappa shape index (κ1) is 27.6. The molecule has 0 unspecified atom stereocenters. The van der Waals surface area contributed by atoms with Gasteiger partial charge in [0.25, 0.3) is 0 Å². The minimum absolute atomic E-state index is 0.0232. The molecule has 8 heteroatoms. The minimum Gasteiger partial charge on any atom is -0.478 e. The van der Waals surface area contributed by atoms with Crippen LogP contribution in [-0.2, 0) is 0 Å². The van der Waals surface area contributed by atoms with Crippen molar-refractivity contribution in [3.63, 3.8) is 0 Å². The van der Waals surface area contributed by atoms with Gasteiger partial charge in [0.05, 0.1) is 22.6 Å². The van der Waals surface area contributed by atoms with Crippen LogP contribution in [0.4, 0.5) is 30.6 Å². The van der Waals surface area contributed by atoms with Crippen molar-refractivity contribution >= 4 is 29.1 Å². The SMILES string of the molecule is CCC(CC)N(CC(C)C)c1ccc(-c2cc(F)ccc2C(=O)O)cc1NC(=O)Nc1ccccc1F. The van der Waals surface area contributed by atoms with Gasteiger partial charge in [-0.3, -0.25) is 0 Å². The van der Waals surface area contributed by atoms with E-state index in [2.05, 4.69) is 43.2 Å². The number of amides is 2. The largest absolute Gasteiger partial charge is 0.478 e. The van der Waals surface area contributed by atoms with Crippen LogP contribution >= 0.6 is 0 Å². The summed E-state index contributed by atoms with van der Waals surface area (Å²) >= 11 is 0. The van der Waals surface area contributed by atoms with E-state index >= 15 is 0 Å². The summed E-state index contributed by atoms with van der Waals surface area (Å²) in [6.45, 7) is 9.12. The fourth-order valence-corrected chi connectivity index (χ4v) is 4.40. The summed E-state index contributed by atoms with van der Waals surface area (Å²) in [6, 6.07) is 14.0. The molecule has 196 valence electrons. The Balaban J connectivity index is 2.12. The number of carbonyl (C=O) groups is 2. The van der Waals surface area contributed by atoms with Crippen LogP contribution in [0.3, 0.4) is 0 Å². The van der Waals surface area contributed by atoms with Crippen LogP contribution in [0.25, 0.3) is 11.1 Å². The first-order valence-corrected chi connectivity index (χ1v) is 12.4. The quantitative estimate of drug-likeness (QED) is 0.262. The molecule has 0 heterocycles. The van der Waals surface area contributed by atoms with Crippen LogP contribution in [0.5, 0.6) is 0 Å².